The predicted molar refractivity (Wildman–Crippen MR) is 83.3 cm³/mol. The van der Waals surface area contributed by atoms with Crippen molar-refractivity contribution in [1.29, 1.82) is 0 Å². The molecule has 0 bridgehead atoms. The number of carboxylic acid groups (broad SMARTS) is 1. The number of fused-ring (bicyclic) bond motifs is 1. The highest BCUT2D eigenvalue weighted by Gasteiger charge is 2.20. The Morgan fingerprint density at radius 2 is 1.81 bits per heavy atom. The Morgan fingerprint density at radius 1 is 1.10 bits per heavy atom. The summed E-state index contributed by atoms with van der Waals surface area (Å²) >= 11 is 0. The zero-order valence-electron chi connectivity index (χ0n) is 11.5. The first kappa shape index (κ1) is 13.1. The van der Waals surface area contributed by atoms with E-state index in [4.69, 9.17) is 5.73 Å². The summed E-state index contributed by atoms with van der Waals surface area (Å²) in [5.74, 6) is -1.04. The molecule has 2 aromatic carbocycles. The smallest absolute Gasteiger partial charge is 0.338 e. The lowest BCUT2D eigenvalue weighted by atomic mass is 9.98. The van der Waals surface area contributed by atoms with E-state index >= 15 is 0 Å². The molecule has 21 heavy (non-hydrogen) atoms. The molecule has 3 rings (SSSR count). The first-order valence-electron chi connectivity index (χ1n) is 6.57. The Morgan fingerprint density at radius 3 is 2.48 bits per heavy atom. The van der Waals surface area contributed by atoms with Crippen molar-refractivity contribution >= 4 is 22.6 Å². The maximum absolute atomic E-state index is 11.7. The summed E-state index contributed by atoms with van der Waals surface area (Å²) in [6.45, 7) is 1.86. The molecule has 3 aromatic rings. The Hall–Kier alpha value is -2.88. The third-order valence-electron chi connectivity index (χ3n) is 3.52. The number of nitrogen functional groups attached to an aromatic ring is 1. The number of carbonyl (C=O) groups is 1. The fourth-order valence-corrected chi connectivity index (χ4v) is 2.54. The van der Waals surface area contributed by atoms with Crippen molar-refractivity contribution in [3.8, 4) is 11.3 Å². The van der Waals surface area contributed by atoms with E-state index in [1.54, 1.807) is 6.07 Å². The highest BCUT2D eigenvalue weighted by atomic mass is 16.4. The molecular weight excluding hydrogens is 264 g/mol. The van der Waals surface area contributed by atoms with Crippen LogP contribution >= 0.6 is 0 Å². The number of nitrogens with zero attached hydrogens (tertiary/aromatic N) is 1. The molecule has 1 heterocycles. The number of nitrogens with two attached hydrogens (primary N) is 1. The fraction of sp³-hybridized carbons (Fsp3) is 0.0588. The van der Waals surface area contributed by atoms with Crippen molar-refractivity contribution < 1.29 is 9.90 Å². The minimum absolute atomic E-state index is 0.122. The van der Waals surface area contributed by atoms with Crippen molar-refractivity contribution in [2.24, 2.45) is 0 Å². The molecule has 0 saturated carbocycles. The fourth-order valence-electron chi connectivity index (χ4n) is 2.54. The van der Waals surface area contributed by atoms with Crippen LogP contribution in [0.5, 0.6) is 0 Å². The molecule has 0 amide bonds. The Labute approximate surface area is 121 Å². The van der Waals surface area contributed by atoms with Crippen molar-refractivity contribution in [2.45, 2.75) is 6.92 Å². The second-order valence-electron chi connectivity index (χ2n) is 4.89. The van der Waals surface area contributed by atoms with Crippen molar-refractivity contribution in [2.75, 3.05) is 5.73 Å². The first-order valence-corrected chi connectivity index (χ1v) is 6.57. The number of aryl methyl sites for hydroxylation is 1. The number of pyridine rings is 1. The lowest BCUT2D eigenvalue weighted by molar-refractivity contribution is 0.0700. The molecule has 3 N–H and O–H groups in total. The standard InChI is InChI=1S/C17H14N2O2/c1-10-6-5-9-12-13(10)14(17(20)21)15(18)16(19-12)11-7-3-2-4-8-11/h2-9H,18H2,1H3,(H,20,21). The van der Waals surface area contributed by atoms with Gasteiger partial charge in [-0.15, -0.1) is 0 Å². The van der Waals surface area contributed by atoms with Gasteiger partial charge in [-0.1, -0.05) is 42.5 Å². The van der Waals surface area contributed by atoms with Gasteiger partial charge in [0.15, 0.2) is 0 Å². The van der Waals surface area contributed by atoms with Gasteiger partial charge < -0.3 is 10.8 Å². The molecule has 0 saturated heterocycles. The van der Waals surface area contributed by atoms with E-state index in [2.05, 4.69) is 4.98 Å². The number of benzene rings is 2. The lowest BCUT2D eigenvalue weighted by Crippen LogP contribution is -2.08. The summed E-state index contributed by atoms with van der Waals surface area (Å²) in [6, 6.07) is 14.9. The van der Waals surface area contributed by atoms with E-state index in [9.17, 15) is 9.90 Å². The van der Waals surface area contributed by atoms with Crippen LogP contribution in [0.1, 0.15) is 15.9 Å². The molecule has 0 aliphatic carbocycles. The molecule has 0 aliphatic rings. The van der Waals surface area contributed by atoms with Crippen molar-refractivity contribution in [1.82, 2.24) is 4.98 Å². The number of hydrogen-bond donors (Lipinski definition) is 2. The number of aromatic nitrogens is 1. The Balaban J connectivity index is 2.44. The molecule has 4 heteroatoms. The lowest BCUT2D eigenvalue weighted by Gasteiger charge is -2.13. The quantitative estimate of drug-likeness (QED) is 0.752. The van der Waals surface area contributed by atoms with Crippen LogP contribution in [-0.4, -0.2) is 16.1 Å². The number of carboxylic acids is 1. The molecule has 1 aromatic heterocycles. The molecular formula is C17H14N2O2. The average molecular weight is 278 g/mol. The minimum Gasteiger partial charge on any atom is -0.478 e. The van der Waals surface area contributed by atoms with Gasteiger partial charge in [0, 0.05) is 10.9 Å². The maximum Gasteiger partial charge on any atom is 0.338 e. The van der Waals surface area contributed by atoms with Crippen LogP contribution in [0.2, 0.25) is 0 Å². The van der Waals surface area contributed by atoms with Gasteiger partial charge in [0.25, 0.3) is 0 Å². The van der Waals surface area contributed by atoms with E-state index < -0.39 is 5.97 Å². The van der Waals surface area contributed by atoms with Gasteiger partial charge in [0.2, 0.25) is 0 Å². The largest absolute Gasteiger partial charge is 0.478 e. The normalized spacial score (nSPS) is 10.7. The minimum atomic E-state index is -1.04. The van der Waals surface area contributed by atoms with Crippen LogP contribution in [0, 0.1) is 6.92 Å². The average Bonchev–Trinajstić information content (AvgIpc) is 2.48. The van der Waals surface area contributed by atoms with Crippen LogP contribution in [0.25, 0.3) is 22.2 Å². The van der Waals surface area contributed by atoms with Crippen LogP contribution in [-0.2, 0) is 0 Å². The van der Waals surface area contributed by atoms with Crippen LogP contribution < -0.4 is 5.73 Å². The summed E-state index contributed by atoms with van der Waals surface area (Å²) in [5.41, 5.74) is 9.24. The highest BCUT2D eigenvalue weighted by Crippen LogP contribution is 2.33. The van der Waals surface area contributed by atoms with Crippen LogP contribution in [0.3, 0.4) is 0 Å². The van der Waals surface area contributed by atoms with Crippen LogP contribution in [0.4, 0.5) is 5.69 Å². The number of rotatable bonds is 2. The molecule has 104 valence electrons. The summed E-state index contributed by atoms with van der Waals surface area (Å²) in [4.78, 5) is 16.2. The van der Waals surface area contributed by atoms with Crippen LogP contribution in [0.15, 0.2) is 48.5 Å². The number of anilines is 1. The third kappa shape index (κ3) is 2.10. The molecule has 0 unspecified atom stereocenters. The Kier molecular flexibility index (Phi) is 3.06. The monoisotopic (exact) mass is 278 g/mol. The predicted octanol–water partition coefficient (Wildman–Crippen LogP) is 3.49. The van der Waals surface area contributed by atoms with Gasteiger partial charge in [-0.25, -0.2) is 9.78 Å². The van der Waals surface area contributed by atoms with Gasteiger partial charge in [-0.05, 0) is 18.6 Å². The maximum atomic E-state index is 11.7. The Bertz CT molecular complexity index is 842. The molecule has 0 aliphatic heterocycles. The molecule has 0 radical (unpaired) electrons. The second-order valence-corrected chi connectivity index (χ2v) is 4.89. The van der Waals surface area contributed by atoms with Gasteiger partial charge in [0.1, 0.15) is 0 Å². The van der Waals surface area contributed by atoms with E-state index in [-0.39, 0.29) is 11.3 Å². The SMILES string of the molecule is Cc1cccc2nc(-c3ccccc3)c(N)c(C(=O)O)c12. The number of aromatic carboxylic acids is 1. The molecule has 0 fully saturated rings. The zero-order valence-corrected chi connectivity index (χ0v) is 11.5. The summed E-state index contributed by atoms with van der Waals surface area (Å²) in [7, 11) is 0. The van der Waals surface area contributed by atoms with Gasteiger partial charge in [0.05, 0.1) is 22.5 Å². The highest BCUT2D eigenvalue weighted by molar-refractivity contribution is 6.10. The topological polar surface area (TPSA) is 76.2 Å². The van der Waals surface area contributed by atoms with Crippen molar-refractivity contribution in [3.05, 3.63) is 59.7 Å². The molecule has 0 atom stereocenters. The van der Waals surface area contributed by atoms with Gasteiger partial charge >= 0.3 is 5.97 Å². The van der Waals surface area contributed by atoms with Gasteiger partial charge in [-0.3, -0.25) is 0 Å². The second kappa shape index (κ2) is 4.90. The third-order valence-corrected chi connectivity index (χ3v) is 3.52. The van der Waals surface area contributed by atoms with Crippen molar-refractivity contribution in [3.63, 3.8) is 0 Å². The summed E-state index contributed by atoms with van der Waals surface area (Å²) in [6.07, 6.45) is 0. The van der Waals surface area contributed by atoms with E-state index in [1.165, 1.54) is 0 Å². The number of hydrogen-bond acceptors (Lipinski definition) is 3. The first-order chi connectivity index (χ1) is 10.1. The van der Waals surface area contributed by atoms with Gasteiger partial charge in [-0.2, -0.15) is 0 Å². The summed E-state index contributed by atoms with van der Waals surface area (Å²) in [5, 5.41) is 10.2. The zero-order chi connectivity index (χ0) is 15.0. The van der Waals surface area contributed by atoms with E-state index in [1.807, 2.05) is 49.4 Å². The van der Waals surface area contributed by atoms with E-state index in [0.717, 1.165) is 11.1 Å². The van der Waals surface area contributed by atoms with E-state index in [0.29, 0.717) is 16.6 Å². The molecule has 0 spiro atoms. The summed E-state index contributed by atoms with van der Waals surface area (Å²) < 4.78 is 0. The molecule has 4 nitrogen and oxygen atoms in total.